The molecule has 4 rings (SSSR count). The highest BCUT2D eigenvalue weighted by Crippen LogP contribution is 2.52. The summed E-state index contributed by atoms with van der Waals surface area (Å²) in [6.45, 7) is 2.67. The van der Waals surface area contributed by atoms with E-state index in [1.54, 1.807) is 6.20 Å². The number of ether oxygens (including phenoxy) is 1. The van der Waals surface area contributed by atoms with Crippen LogP contribution >= 0.6 is 0 Å². The number of hydrogen-bond acceptors (Lipinski definition) is 5. The maximum absolute atomic E-state index is 13.1. The number of carboxylic acid groups (broad SMARTS) is 1. The molecule has 3 heterocycles. The molecule has 28 heavy (non-hydrogen) atoms. The van der Waals surface area contributed by atoms with Gasteiger partial charge in [-0.2, -0.15) is 5.10 Å². The lowest BCUT2D eigenvalue weighted by Crippen LogP contribution is -2.46. The summed E-state index contributed by atoms with van der Waals surface area (Å²) < 4.78 is 5.52. The summed E-state index contributed by atoms with van der Waals surface area (Å²) in [7, 11) is 0. The van der Waals surface area contributed by atoms with Crippen LogP contribution in [0.2, 0.25) is 0 Å². The van der Waals surface area contributed by atoms with Crippen molar-refractivity contribution in [1.82, 2.24) is 15.1 Å². The topological polar surface area (TPSA) is 95.5 Å². The largest absolute Gasteiger partial charge is 0.477 e. The van der Waals surface area contributed by atoms with Gasteiger partial charge in [0.25, 0.3) is 0 Å². The number of aromatic nitrogens is 2. The van der Waals surface area contributed by atoms with Gasteiger partial charge in [0, 0.05) is 24.2 Å². The van der Waals surface area contributed by atoms with E-state index in [0.29, 0.717) is 25.1 Å². The van der Waals surface area contributed by atoms with Gasteiger partial charge in [-0.1, -0.05) is 30.3 Å². The van der Waals surface area contributed by atoms with E-state index in [2.05, 4.69) is 27.2 Å². The van der Waals surface area contributed by atoms with Crippen molar-refractivity contribution in [3.05, 3.63) is 53.3 Å². The van der Waals surface area contributed by atoms with Crippen LogP contribution in [-0.2, 0) is 22.5 Å². The lowest BCUT2D eigenvalue weighted by molar-refractivity contribution is -0.157. The number of nitrogens with zero attached hydrogens (tertiary/aromatic N) is 2. The van der Waals surface area contributed by atoms with E-state index >= 15 is 0 Å². The Hall–Kier alpha value is -2.67. The third kappa shape index (κ3) is 3.09. The zero-order valence-corrected chi connectivity index (χ0v) is 15.9. The fourth-order valence-electron chi connectivity index (χ4n) is 5.07. The Morgan fingerprint density at radius 2 is 2.11 bits per heavy atom. The number of aromatic carboxylic acids is 1. The predicted molar refractivity (Wildman–Crippen MR) is 102 cm³/mol. The van der Waals surface area contributed by atoms with E-state index < -0.39 is 11.4 Å². The van der Waals surface area contributed by atoms with Gasteiger partial charge in [0.1, 0.15) is 5.69 Å². The van der Waals surface area contributed by atoms with E-state index in [0.717, 1.165) is 24.8 Å². The van der Waals surface area contributed by atoms with Crippen molar-refractivity contribution >= 4 is 11.9 Å². The minimum Gasteiger partial charge on any atom is -0.477 e. The van der Waals surface area contributed by atoms with Crippen LogP contribution in [0.15, 0.2) is 36.5 Å². The van der Waals surface area contributed by atoms with Gasteiger partial charge in [-0.15, -0.1) is 0 Å². The maximum atomic E-state index is 13.1. The van der Waals surface area contributed by atoms with Gasteiger partial charge in [0.15, 0.2) is 0 Å². The molecule has 2 bridgehead atoms. The summed E-state index contributed by atoms with van der Waals surface area (Å²) in [5, 5.41) is 15.8. The molecular formula is C21H25N3O4. The van der Waals surface area contributed by atoms with Crippen molar-refractivity contribution in [2.24, 2.45) is 5.41 Å². The molecular weight excluding hydrogens is 358 g/mol. The Bertz CT molecular complexity index is 866. The number of nitrogens with one attached hydrogen (secondary N) is 1. The van der Waals surface area contributed by atoms with Gasteiger partial charge in [0.2, 0.25) is 0 Å². The molecule has 2 aliphatic rings. The predicted octanol–water partition coefficient (Wildman–Crippen LogP) is 2.64. The summed E-state index contributed by atoms with van der Waals surface area (Å²) >= 11 is 0. The molecule has 3 atom stereocenters. The number of hydrogen-bond donors (Lipinski definition) is 2. The quantitative estimate of drug-likeness (QED) is 0.714. The second-order valence-corrected chi connectivity index (χ2v) is 7.74. The SMILES string of the molecule is CCOC(=O)[C@]1(Cc2ccccc2)C[C@@H]2CC[C@H]1N2Cc1cn[nH]c1C(=O)O. The van der Waals surface area contributed by atoms with Gasteiger partial charge in [-0.05, 0) is 38.2 Å². The second kappa shape index (κ2) is 7.39. The van der Waals surface area contributed by atoms with E-state index in [1.165, 1.54) is 0 Å². The van der Waals surface area contributed by atoms with E-state index in [9.17, 15) is 14.7 Å². The Labute approximate surface area is 163 Å². The van der Waals surface area contributed by atoms with Crippen LogP contribution in [0.25, 0.3) is 0 Å². The normalized spacial score (nSPS) is 26.5. The minimum atomic E-state index is -1.01. The number of rotatable bonds is 7. The van der Waals surface area contributed by atoms with Crippen LogP contribution < -0.4 is 0 Å². The minimum absolute atomic E-state index is 0.0355. The van der Waals surface area contributed by atoms with Gasteiger partial charge in [-0.25, -0.2) is 4.79 Å². The lowest BCUT2D eigenvalue weighted by Gasteiger charge is -2.35. The van der Waals surface area contributed by atoms with Gasteiger partial charge in [0.05, 0.1) is 18.2 Å². The van der Waals surface area contributed by atoms with Crippen LogP contribution in [0.3, 0.4) is 0 Å². The monoisotopic (exact) mass is 383 g/mol. The van der Waals surface area contributed by atoms with E-state index in [1.807, 2.05) is 25.1 Å². The third-order valence-corrected chi connectivity index (χ3v) is 6.21. The van der Waals surface area contributed by atoms with Crippen LogP contribution in [0, 0.1) is 5.41 Å². The summed E-state index contributed by atoms with van der Waals surface area (Å²) in [6.07, 6.45) is 4.88. The molecule has 7 heteroatoms. The lowest BCUT2D eigenvalue weighted by atomic mass is 9.70. The summed E-state index contributed by atoms with van der Waals surface area (Å²) in [4.78, 5) is 26.8. The van der Waals surface area contributed by atoms with Gasteiger partial charge >= 0.3 is 11.9 Å². The Kier molecular flexibility index (Phi) is 4.93. The fourth-order valence-corrected chi connectivity index (χ4v) is 5.07. The van der Waals surface area contributed by atoms with E-state index in [4.69, 9.17) is 4.74 Å². The van der Waals surface area contributed by atoms with E-state index in [-0.39, 0.29) is 23.7 Å². The number of fused-ring (bicyclic) bond motifs is 2. The first-order valence-electron chi connectivity index (χ1n) is 9.77. The number of carbonyl (C=O) groups excluding carboxylic acids is 1. The Morgan fingerprint density at radius 3 is 2.82 bits per heavy atom. The molecule has 1 aromatic heterocycles. The zero-order valence-electron chi connectivity index (χ0n) is 15.9. The summed E-state index contributed by atoms with van der Waals surface area (Å²) in [5.74, 6) is -1.15. The number of benzene rings is 1. The van der Waals surface area contributed by atoms with Crippen molar-refractivity contribution < 1.29 is 19.4 Å². The molecule has 148 valence electrons. The first kappa shape index (κ1) is 18.7. The number of esters is 1. The number of carboxylic acids is 1. The molecule has 0 amide bonds. The molecule has 0 spiro atoms. The number of carbonyl (C=O) groups is 2. The Balaban J connectivity index is 1.64. The van der Waals surface area contributed by atoms with Crippen LogP contribution in [0.1, 0.15) is 47.8 Å². The van der Waals surface area contributed by atoms with Crippen molar-refractivity contribution in [2.45, 2.75) is 51.2 Å². The molecule has 2 N–H and O–H groups in total. The molecule has 1 aromatic carbocycles. The van der Waals surface area contributed by atoms with Crippen molar-refractivity contribution in [2.75, 3.05) is 6.61 Å². The molecule has 0 unspecified atom stereocenters. The molecule has 0 aliphatic carbocycles. The summed E-state index contributed by atoms with van der Waals surface area (Å²) in [6, 6.07) is 10.3. The molecule has 2 saturated heterocycles. The van der Waals surface area contributed by atoms with Crippen molar-refractivity contribution in [3.8, 4) is 0 Å². The second-order valence-electron chi connectivity index (χ2n) is 7.74. The summed E-state index contributed by atoms with van der Waals surface area (Å²) in [5.41, 5.74) is 1.31. The fraction of sp³-hybridized carbons (Fsp3) is 0.476. The first-order valence-corrected chi connectivity index (χ1v) is 9.77. The number of aromatic amines is 1. The molecule has 2 fully saturated rings. The average Bonchev–Trinajstić information content (AvgIpc) is 3.37. The van der Waals surface area contributed by atoms with Gasteiger partial charge < -0.3 is 9.84 Å². The molecule has 7 nitrogen and oxygen atoms in total. The molecule has 0 saturated carbocycles. The maximum Gasteiger partial charge on any atom is 0.354 e. The Morgan fingerprint density at radius 1 is 1.32 bits per heavy atom. The average molecular weight is 383 g/mol. The highest BCUT2D eigenvalue weighted by Gasteiger charge is 2.60. The van der Waals surface area contributed by atoms with Gasteiger partial charge in [-0.3, -0.25) is 14.8 Å². The number of H-pyrrole nitrogens is 1. The standard InChI is InChI=1S/C21H25N3O4/c1-2-28-20(27)21(10-14-6-4-3-5-7-14)11-16-8-9-17(21)24(16)13-15-12-22-23-18(15)19(25)26/h3-7,12,16-17H,2,8-11,13H2,1H3,(H,22,23)(H,25,26)/t16-,17+,21+/m0/s1. The van der Waals surface area contributed by atoms with Crippen molar-refractivity contribution in [3.63, 3.8) is 0 Å². The molecule has 2 aliphatic heterocycles. The highest BCUT2D eigenvalue weighted by atomic mass is 16.5. The third-order valence-electron chi connectivity index (χ3n) is 6.21. The zero-order chi connectivity index (χ0) is 19.7. The smallest absolute Gasteiger partial charge is 0.354 e. The van der Waals surface area contributed by atoms with Crippen molar-refractivity contribution in [1.29, 1.82) is 0 Å². The van der Waals surface area contributed by atoms with Crippen LogP contribution in [-0.4, -0.2) is 50.8 Å². The first-order chi connectivity index (χ1) is 13.5. The molecule has 0 radical (unpaired) electrons. The molecule has 2 aromatic rings. The highest BCUT2D eigenvalue weighted by molar-refractivity contribution is 5.86. The van der Waals surface area contributed by atoms with Crippen LogP contribution in [0.5, 0.6) is 0 Å². The van der Waals surface area contributed by atoms with Crippen LogP contribution in [0.4, 0.5) is 0 Å².